The molecule has 2 rings (SSSR count). The van der Waals surface area contributed by atoms with E-state index in [1.807, 2.05) is 30.3 Å². The molecular formula is C22H26N2O6. The molecule has 0 fully saturated rings. The number of carbonyl (C=O) groups is 3. The molecule has 0 aliphatic rings. The van der Waals surface area contributed by atoms with E-state index in [0.717, 1.165) is 12.7 Å². The van der Waals surface area contributed by atoms with Gasteiger partial charge in [0, 0.05) is 0 Å². The second-order valence-electron chi connectivity index (χ2n) is 7.16. The van der Waals surface area contributed by atoms with E-state index in [0.29, 0.717) is 17.9 Å². The number of carbonyl (C=O) groups excluding carboxylic acids is 2. The number of Topliss-reactive ketones (excluding diaryl/α,β-unsaturated/α-hetero) is 1. The number of carboxylic acids is 1. The third-order valence-electron chi connectivity index (χ3n) is 4.73. The predicted molar refractivity (Wildman–Crippen MR) is 110 cm³/mol. The first-order valence-corrected chi connectivity index (χ1v) is 9.32. The highest BCUT2D eigenvalue weighted by atomic mass is 16.5. The number of ether oxygens (including phenoxy) is 2. The highest BCUT2D eigenvalue weighted by Gasteiger charge is 2.45. The van der Waals surface area contributed by atoms with E-state index in [1.165, 1.54) is 6.92 Å². The summed E-state index contributed by atoms with van der Waals surface area (Å²) in [6.45, 7) is 1.72. The Labute approximate surface area is 174 Å². The average molecular weight is 414 g/mol. The van der Waals surface area contributed by atoms with Gasteiger partial charge in [0.1, 0.15) is 17.9 Å². The number of hydrogen-bond acceptors (Lipinski definition) is 7. The SMILES string of the molecule is COC(=O)[C@@](C)(N)C(C(=O)[C@@H](N)CC(=O)O)c1ccc(OCc2ccccc2)cc1. The van der Waals surface area contributed by atoms with Crippen LogP contribution < -0.4 is 16.2 Å². The quantitative estimate of drug-likeness (QED) is 0.498. The van der Waals surface area contributed by atoms with Gasteiger partial charge in [-0.2, -0.15) is 0 Å². The van der Waals surface area contributed by atoms with Crippen LogP contribution in [0.5, 0.6) is 5.75 Å². The summed E-state index contributed by atoms with van der Waals surface area (Å²) in [7, 11) is 1.16. The maximum absolute atomic E-state index is 12.9. The van der Waals surface area contributed by atoms with Crippen LogP contribution in [0.2, 0.25) is 0 Å². The number of nitrogens with two attached hydrogens (primary N) is 2. The molecule has 0 aromatic heterocycles. The van der Waals surface area contributed by atoms with Crippen molar-refractivity contribution in [2.75, 3.05) is 7.11 Å². The van der Waals surface area contributed by atoms with Crippen LogP contribution in [0.15, 0.2) is 54.6 Å². The zero-order chi connectivity index (χ0) is 22.3. The van der Waals surface area contributed by atoms with Crippen LogP contribution in [0, 0.1) is 0 Å². The Morgan fingerprint density at radius 2 is 1.67 bits per heavy atom. The Kier molecular flexibility index (Phi) is 7.68. The van der Waals surface area contributed by atoms with Crippen molar-refractivity contribution in [2.24, 2.45) is 11.5 Å². The number of ketones is 1. The Morgan fingerprint density at radius 3 is 2.20 bits per heavy atom. The lowest BCUT2D eigenvalue weighted by molar-refractivity contribution is -0.149. The van der Waals surface area contributed by atoms with Crippen molar-refractivity contribution >= 4 is 17.7 Å². The van der Waals surface area contributed by atoms with Gasteiger partial charge in [-0.1, -0.05) is 42.5 Å². The number of methoxy groups -OCH3 is 1. The van der Waals surface area contributed by atoms with Crippen LogP contribution in [0.25, 0.3) is 0 Å². The fraction of sp³-hybridized carbons (Fsp3) is 0.318. The smallest absolute Gasteiger partial charge is 0.326 e. The Hall–Kier alpha value is -3.23. The van der Waals surface area contributed by atoms with Gasteiger partial charge in [0.05, 0.1) is 25.5 Å². The summed E-state index contributed by atoms with van der Waals surface area (Å²) >= 11 is 0. The van der Waals surface area contributed by atoms with Crippen LogP contribution >= 0.6 is 0 Å². The molecule has 3 atom stereocenters. The zero-order valence-corrected chi connectivity index (χ0v) is 16.9. The van der Waals surface area contributed by atoms with Gasteiger partial charge in [-0.3, -0.25) is 14.4 Å². The molecule has 0 heterocycles. The lowest BCUT2D eigenvalue weighted by Crippen LogP contribution is -2.56. The van der Waals surface area contributed by atoms with E-state index in [1.54, 1.807) is 24.3 Å². The highest BCUT2D eigenvalue weighted by Crippen LogP contribution is 2.31. The maximum Gasteiger partial charge on any atom is 0.326 e. The van der Waals surface area contributed by atoms with Crippen LogP contribution in [0.1, 0.15) is 30.4 Å². The third kappa shape index (κ3) is 5.65. The van der Waals surface area contributed by atoms with E-state index in [9.17, 15) is 14.4 Å². The first kappa shape index (κ1) is 23.1. The van der Waals surface area contributed by atoms with Gasteiger partial charge in [-0.05, 0) is 30.2 Å². The maximum atomic E-state index is 12.9. The molecule has 1 unspecified atom stereocenters. The van der Waals surface area contributed by atoms with E-state index >= 15 is 0 Å². The van der Waals surface area contributed by atoms with Crippen molar-refractivity contribution in [1.29, 1.82) is 0 Å². The lowest BCUT2D eigenvalue weighted by atomic mass is 9.76. The van der Waals surface area contributed by atoms with E-state index in [4.69, 9.17) is 26.0 Å². The van der Waals surface area contributed by atoms with Gasteiger partial charge in [0.2, 0.25) is 0 Å². The van der Waals surface area contributed by atoms with Gasteiger partial charge >= 0.3 is 11.9 Å². The summed E-state index contributed by atoms with van der Waals surface area (Å²) in [6.07, 6.45) is -0.579. The molecule has 2 aromatic carbocycles. The van der Waals surface area contributed by atoms with Crippen LogP contribution in [0.3, 0.4) is 0 Å². The number of rotatable bonds is 10. The Bertz CT molecular complexity index is 880. The second kappa shape index (κ2) is 10.00. The first-order chi connectivity index (χ1) is 14.2. The molecule has 0 saturated heterocycles. The van der Waals surface area contributed by atoms with Crippen molar-refractivity contribution in [2.45, 2.75) is 37.5 Å². The standard InChI is InChI=1S/C22H26N2O6/c1-22(24,21(28)29-2)19(20(27)17(23)12-18(25)26)15-8-10-16(11-9-15)30-13-14-6-4-3-5-7-14/h3-11,17,19H,12-13,23-24H2,1-2H3,(H,25,26)/t17-,19?,22-/m0/s1. The number of esters is 1. The molecule has 0 amide bonds. The number of carboxylic acid groups (broad SMARTS) is 1. The van der Waals surface area contributed by atoms with Crippen molar-refractivity contribution in [1.82, 2.24) is 0 Å². The topological polar surface area (TPSA) is 142 Å². The minimum Gasteiger partial charge on any atom is -0.489 e. The molecule has 0 spiro atoms. The van der Waals surface area contributed by atoms with E-state index in [-0.39, 0.29) is 0 Å². The summed E-state index contributed by atoms with van der Waals surface area (Å²) in [5.41, 5.74) is 11.6. The molecule has 0 aliphatic heterocycles. The highest BCUT2D eigenvalue weighted by molar-refractivity contribution is 5.99. The monoisotopic (exact) mass is 414 g/mol. The molecule has 30 heavy (non-hydrogen) atoms. The van der Waals surface area contributed by atoms with Gasteiger partial charge < -0.3 is 26.0 Å². The van der Waals surface area contributed by atoms with Gasteiger partial charge in [-0.15, -0.1) is 0 Å². The van der Waals surface area contributed by atoms with Crippen LogP contribution in [0.4, 0.5) is 0 Å². The van der Waals surface area contributed by atoms with Crippen molar-refractivity contribution in [3.05, 3.63) is 65.7 Å². The first-order valence-electron chi connectivity index (χ1n) is 9.32. The van der Waals surface area contributed by atoms with E-state index in [2.05, 4.69) is 0 Å². The van der Waals surface area contributed by atoms with Gasteiger partial charge in [0.15, 0.2) is 5.78 Å². The van der Waals surface area contributed by atoms with Gasteiger partial charge in [0.25, 0.3) is 0 Å². The molecule has 160 valence electrons. The Morgan fingerprint density at radius 1 is 1.07 bits per heavy atom. The van der Waals surface area contributed by atoms with Crippen LogP contribution in [-0.2, 0) is 25.7 Å². The average Bonchev–Trinajstić information content (AvgIpc) is 2.72. The molecule has 2 aromatic rings. The second-order valence-corrected chi connectivity index (χ2v) is 7.16. The fourth-order valence-electron chi connectivity index (χ4n) is 3.14. The van der Waals surface area contributed by atoms with Gasteiger partial charge in [-0.25, -0.2) is 0 Å². The lowest BCUT2D eigenvalue weighted by Gasteiger charge is -2.32. The molecule has 8 nitrogen and oxygen atoms in total. The van der Waals surface area contributed by atoms with Crippen molar-refractivity contribution in [3.8, 4) is 5.75 Å². The third-order valence-corrected chi connectivity index (χ3v) is 4.73. The minimum absolute atomic E-state index is 0.364. The predicted octanol–water partition coefficient (Wildman–Crippen LogP) is 1.61. The number of benzene rings is 2. The Balaban J connectivity index is 2.28. The number of hydrogen-bond donors (Lipinski definition) is 3. The fourth-order valence-corrected chi connectivity index (χ4v) is 3.14. The molecule has 8 heteroatoms. The minimum atomic E-state index is -1.74. The molecular weight excluding hydrogens is 388 g/mol. The number of aliphatic carboxylic acids is 1. The summed E-state index contributed by atoms with van der Waals surface area (Å²) in [5.74, 6) is -3.34. The largest absolute Gasteiger partial charge is 0.489 e. The van der Waals surface area contributed by atoms with Crippen molar-refractivity contribution in [3.63, 3.8) is 0 Å². The molecule has 5 N–H and O–H groups in total. The normalized spacial score (nSPS) is 14.8. The van der Waals surface area contributed by atoms with E-state index < -0.39 is 41.6 Å². The molecule has 0 aliphatic carbocycles. The van der Waals surface area contributed by atoms with Crippen LogP contribution in [-0.4, -0.2) is 41.5 Å². The summed E-state index contributed by atoms with van der Waals surface area (Å²) in [4.78, 5) is 36.2. The summed E-state index contributed by atoms with van der Waals surface area (Å²) in [5, 5.41) is 8.96. The van der Waals surface area contributed by atoms with Crippen molar-refractivity contribution < 1.29 is 29.0 Å². The zero-order valence-electron chi connectivity index (χ0n) is 16.9. The molecule has 0 radical (unpaired) electrons. The molecule has 0 bridgehead atoms. The summed E-state index contributed by atoms with van der Waals surface area (Å²) < 4.78 is 10.5. The molecule has 0 saturated carbocycles. The summed E-state index contributed by atoms with van der Waals surface area (Å²) in [6, 6.07) is 14.8.